The van der Waals surface area contributed by atoms with Gasteiger partial charge in [-0.2, -0.15) is 0 Å². The van der Waals surface area contributed by atoms with Gasteiger partial charge in [0.25, 0.3) is 5.91 Å². The van der Waals surface area contributed by atoms with Crippen molar-refractivity contribution in [3.8, 4) is 5.75 Å². The molecule has 1 amide bonds. The van der Waals surface area contributed by atoms with E-state index in [-0.39, 0.29) is 5.91 Å². The Balaban J connectivity index is 1.45. The van der Waals surface area contributed by atoms with Crippen LogP contribution in [0.2, 0.25) is 0 Å². The predicted octanol–water partition coefficient (Wildman–Crippen LogP) is 5.60. The smallest absolute Gasteiger partial charge is 0.261 e. The molecular formula is C26H35NO2. The molecule has 0 saturated carbocycles. The molecule has 29 heavy (non-hydrogen) atoms. The number of hydrogen-bond acceptors (Lipinski definition) is 2. The molecule has 2 aromatic rings. The van der Waals surface area contributed by atoms with Gasteiger partial charge in [-0.1, -0.05) is 51.1 Å². The lowest BCUT2D eigenvalue weighted by atomic mass is 9.92. The minimum atomic E-state index is -0.429. The van der Waals surface area contributed by atoms with Crippen LogP contribution in [0.3, 0.4) is 0 Å². The fraction of sp³-hybridized carbons (Fsp3) is 0.500. The molecule has 1 aliphatic rings. The molecule has 3 nitrogen and oxygen atoms in total. The summed E-state index contributed by atoms with van der Waals surface area (Å²) in [7, 11) is 0. The summed E-state index contributed by atoms with van der Waals surface area (Å²) in [5, 5.41) is 3.05. The molecule has 0 aromatic heterocycles. The van der Waals surface area contributed by atoms with Gasteiger partial charge in [0, 0.05) is 6.54 Å². The Kier molecular flexibility index (Phi) is 7.74. The van der Waals surface area contributed by atoms with Crippen molar-refractivity contribution in [3.05, 3.63) is 64.7 Å². The first-order valence-electron chi connectivity index (χ1n) is 11.2. The van der Waals surface area contributed by atoms with Crippen LogP contribution in [0.1, 0.15) is 74.6 Å². The number of nitrogens with one attached hydrogen (secondary N) is 1. The second-order valence-electron chi connectivity index (χ2n) is 8.44. The molecule has 1 aliphatic carbocycles. The number of rotatable bonds is 9. The van der Waals surface area contributed by atoms with Crippen LogP contribution in [0, 0.1) is 0 Å². The summed E-state index contributed by atoms with van der Waals surface area (Å²) in [6.07, 6.45) is 6.94. The van der Waals surface area contributed by atoms with E-state index in [1.807, 2.05) is 13.0 Å². The summed E-state index contributed by atoms with van der Waals surface area (Å²) in [4.78, 5) is 12.6. The molecule has 0 radical (unpaired) electrons. The monoisotopic (exact) mass is 393 g/mol. The molecule has 0 spiro atoms. The van der Waals surface area contributed by atoms with Gasteiger partial charge >= 0.3 is 0 Å². The fourth-order valence-electron chi connectivity index (χ4n) is 3.96. The summed E-state index contributed by atoms with van der Waals surface area (Å²) in [6.45, 7) is 7.09. The average Bonchev–Trinajstić information content (AvgIpc) is 2.75. The number of amides is 1. The van der Waals surface area contributed by atoms with Gasteiger partial charge < -0.3 is 10.1 Å². The van der Waals surface area contributed by atoms with Crippen molar-refractivity contribution in [3.63, 3.8) is 0 Å². The average molecular weight is 394 g/mol. The van der Waals surface area contributed by atoms with Crippen LogP contribution in [0.5, 0.6) is 5.75 Å². The van der Waals surface area contributed by atoms with Gasteiger partial charge in [-0.3, -0.25) is 4.79 Å². The van der Waals surface area contributed by atoms with E-state index in [1.54, 1.807) is 0 Å². The summed E-state index contributed by atoms with van der Waals surface area (Å²) >= 11 is 0. The second-order valence-corrected chi connectivity index (χ2v) is 8.44. The normalized spacial score (nSPS) is 14.3. The van der Waals surface area contributed by atoms with E-state index in [1.165, 1.54) is 35.1 Å². The van der Waals surface area contributed by atoms with Crippen molar-refractivity contribution >= 4 is 5.91 Å². The van der Waals surface area contributed by atoms with Crippen LogP contribution >= 0.6 is 0 Å². The SMILES string of the molecule is CC[C@@H](Oc1ccc2c(c1)CCCC2)C(=O)NCCCc1ccc(C(C)C)cc1. The van der Waals surface area contributed by atoms with Crippen LogP contribution in [-0.2, 0) is 24.1 Å². The van der Waals surface area contributed by atoms with Crippen molar-refractivity contribution in [1.29, 1.82) is 0 Å². The largest absolute Gasteiger partial charge is 0.481 e. The maximum absolute atomic E-state index is 12.6. The minimum absolute atomic E-state index is 0.0135. The van der Waals surface area contributed by atoms with Crippen molar-refractivity contribution in [1.82, 2.24) is 5.32 Å². The van der Waals surface area contributed by atoms with Gasteiger partial charge in [0.15, 0.2) is 6.10 Å². The first-order chi connectivity index (χ1) is 14.1. The Morgan fingerprint density at radius 1 is 1.03 bits per heavy atom. The maximum Gasteiger partial charge on any atom is 0.261 e. The Labute approximate surface area is 175 Å². The second kappa shape index (κ2) is 10.5. The van der Waals surface area contributed by atoms with Crippen molar-refractivity contribution in [2.45, 2.75) is 77.7 Å². The lowest BCUT2D eigenvalue weighted by Crippen LogP contribution is -2.38. The molecule has 1 N–H and O–H groups in total. The van der Waals surface area contributed by atoms with E-state index >= 15 is 0 Å². The van der Waals surface area contributed by atoms with Gasteiger partial charge in [-0.25, -0.2) is 0 Å². The number of hydrogen-bond donors (Lipinski definition) is 1. The third-order valence-electron chi connectivity index (χ3n) is 5.85. The van der Waals surface area contributed by atoms with Crippen LogP contribution in [0.4, 0.5) is 0 Å². The molecule has 0 heterocycles. The van der Waals surface area contributed by atoms with Gasteiger partial charge in [0.2, 0.25) is 0 Å². The molecular weight excluding hydrogens is 358 g/mol. The fourth-order valence-corrected chi connectivity index (χ4v) is 3.96. The van der Waals surface area contributed by atoms with E-state index in [0.29, 0.717) is 18.9 Å². The number of ether oxygens (including phenoxy) is 1. The first-order valence-corrected chi connectivity index (χ1v) is 11.2. The van der Waals surface area contributed by atoms with Crippen LogP contribution in [-0.4, -0.2) is 18.6 Å². The standard InChI is InChI=1S/C26H35NO2/c1-4-25(29-24-16-15-22-9-5-6-10-23(22)18-24)26(28)27-17-7-8-20-11-13-21(14-12-20)19(2)3/h11-16,18-19,25H,4-10,17H2,1-3H3,(H,27,28)/t25-/m1/s1. The zero-order valence-corrected chi connectivity index (χ0v) is 18.2. The zero-order valence-electron chi connectivity index (χ0n) is 18.2. The Hall–Kier alpha value is -2.29. The maximum atomic E-state index is 12.6. The van der Waals surface area contributed by atoms with Gasteiger partial charge in [-0.05, 0) is 85.3 Å². The topological polar surface area (TPSA) is 38.3 Å². The highest BCUT2D eigenvalue weighted by Crippen LogP contribution is 2.26. The number of fused-ring (bicyclic) bond motifs is 1. The summed E-state index contributed by atoms with van der Waals surface area (Å²) < 4.78 is 6.03. The zero-order chi connectivity index (χ0) is 20.6. The first kappa shape index (κ1) is 21.4. The van der Waals surface area contributed by atoms with Crippen LogP contribution < -0.4 is 10.1 Å². The lowest BCUT2D eigenvalue weighted by molar-refractivity contribution is -0.128. The number of aryl methyl sites for hydroxylation is 3. The third-order valence-corrected chi connectivity index (χ3v) is 5.85. The van der Waals surface area contributed by atoms with Gasteiger partial charge in [0.1, 0.15) is 5.75 Å². The summed E-state index contributed by atoms with van der Waals surface area (Å²) in [5.74, 6) is 1.36. The molecule has 3 heteroatoms. The highest BCUT2D eigenvalue weighted by Gasteiger charge is 2.19. The molecule has 0 bridgehead atoms. The molecule has 1 atom stereocenters. The quantitative estimate of drug-likeness (QED) is 0.564. The van der Waals surface area contributed by atoms with Gasteiger partial charge in [-0.15, -0.1) is 0 Å². The molecule has 3 rings (SSSR count). The van der Waals surface area contributed by atoms with Crippen LogP contribution in [0.15, 0.2) is 42.5 Å². The highest BCUT2D eigenvalue weighted by molar-refractivity contribution is 5.81. The van der Waals surface area contributed by atoms with E-state index in [9.17, 15) is 4.79 Å². The summed E-state index contributed by atoms with van der Waals surface area (Å²) in [6, 6.07) is 15.1. The lowest BCUT2D eigenvalue weighted by Gasteiger charge is -2.20. The molecule has 0 saturated heterocycles. The van der Waals surface area contributed by atoms with Gasteiger partial charge in [0.05, 0.1) is 0 Å². The number of benzene rings is 2. The van der Waals surface area contributed by atoms with E-state index < -0.39 is 6.10 Å². The Morgan fingerprint density at radius 3 is 2.45 bits per heavy atom. The summed E-state index contributed by atoms with van der Waals surface area (Å²) in [5.41, 5.74) is 5.50. The van der Waals surface area contributed by atoms with E-state index in [4.69, 9.17) is 4.74 Å². The van der Waals surface area contributed by atoms with E-state index in [0.717, 1.165) is 31.4 Å². The number of carbonyl (C=O) groups excluding carboxylic acids is 1. The molecule has 156 valence electrons. The predicted molar refractivity (Wildman–Crippen MR) is 120 cm³/mol. The third kappa shape index (κ3) is 6.09. The highest BCUT2D eigenvalue weighted by atomic mass is 16.5. The molecule has 0 aliphatic heterocycles. The Morgan fingerprint density at radius 2 is 1.76 bits per heavy atom. The minimum Gasteiger partial charge on any atom is -0.481 e. The van der Waals surface area contributed by atoms with Crippen LogP contribution in [0.25, 0.3) is 0 Å². The van der Waals surface area contributed by atoms with Crippen molar-refractivity contribution in [2.24, 2.45) is 0 Å². The van der Waals surface area contributed by atoms with Crippen molar-refractivity contribution in [2.75, 3.05) is 6.54 Å². The van der Waals surface area contributed by atoms with Crippen molar-refractivity contribution < 1.29 is 9.53 Å². The molecule has 0 fully saturated rings. The number of carbonyl (C=O) groups is 1. The van der Waals surface area contributed by atoms with E-state index in [2.05, 4.69) is 55.6 Å². The molecule has 2 aromatic carbocycles. The Bertz CT molecular complexity index is 795. The molecule has 0 unspecified atom stereocenters.